The van der Waals surface area contributed by atoms with Gasteiger partial charge in [0.1, 0.15) is 10.7 Å². The van der Waals surface area contributed by atoms with Crippen molar-refractivity contribution in [3.05, 3.63) is 57.6 Å². The first-order valence-corrected chi connectivity index (χ1v) is 13.5. The topological polar surface area (TPSA) is 77.6 Å². The number of anilines is 4. The minimum atomic E-state index is -4.54. The third-order valence-corrected chi connectivity index (χ3v) is 8.08. The number of aromatic nitrogens is 1. The highest BCUT2D eigenvalue weighted by Crippen LogP contribution is 2.40. The minimum Gasteiger partial charge on any atom is -0.368 e. The van der Waals surface area contributed by atoms with E-state index in [1.807, 2.05) is 23.9 Å². The molecule has 1 atom stereocenters. The molecule has 1 aliphatic heterocycles. The summed E-state index contributed by atoms with van der Waals surface area (Å²) in [5.74, 6) is -1.05. The van der Waals surface area contributed by atoms with Gasteiger partial charge in [-0.05, 0) is 44.8 Å². The average molecular weight is 564 g/mol. The van der Waals surface area contributed by atoms with Crippen LogP contribution in [0.4, 0.5) is 40.4 Å². The van der Waals surface area contributed by atoms with Crippen LogP contribution in [-0.4, -0.2) is 51.5 Å². The standard InChI is InChI=1S/C22H22ClF4N5O2S2/c1-31(2)14-5-6-32(10-14)19-7-13(22(25,26)27)3-4-17(19)29-18-9-16(24)20(8-15(18)23)36(33,34)30-21-11-35-12-28-21/h3-4,7-9,11-12,14,29-30H,5-6,10H2,1-2H3/t14-/m0/s1. The largest absolute Gasteiger partial charge is 0.416 e. The number of nitrogens with one attached hydrogen (secondary N) is 2. The van der Waals surface area contributed by atoms with E-state index in [2.05, 4.69) is 15.0 Å². The lowest BCUT2D eigenvalue weighted by Gasteiger charge is -2.25. The molecule has 194 valence electrons. The summed E-state index contributed by atoms with van der Waals surface area (Å²) in [6, 6.07) is 5.21. The number of likely N-dealkylation sites (N-methyl/N-ethyl adjacent to an activating group) is 1. The summed E-state index contributed by atoms with van der Waals surface area (Å²) in [6.45, 7) is 1.03. The Balaban J connectivity index is 1.67. The van der Waals surface area contributed by atoms with Crippen molar-refractivity contribution in [3.8, 4) is 0 Å². The Hall–Kier alpha value is -2.61. The molecule has 3 aromatic rings. The van der Waals surface area contributed by atoms with Crippen molar-refractivity contribution in [2.45, 2.75) is 23.5 Å². The lowest BCUT2D eigenvalue weighted by Crippen LogP contribution is -2.31. The van der Waals surface area contributed by atoms with Crippen LogP contribution < -0.4 is 14.9 Å². The maximum absolute atomic E-state index is 14.9. The molecule has 1 aliphatic rings. The van der Waals surface area contributed by atoms with Crippen LogP contribution in [0.15, 0.2) is 46.1 Å². The molecule has 2 heterocycles. The summed E-state index contributed by atoms with van der Waals surface area (Å²) in [5, 5.41) is 4.20. The maximum Gasteiger partial charge on any atom is 0.416 e. The van der Waals surface area contributed by atoms with Crippen LogP contribution in [0.1, 0.15) is 12.0 Å². The first kappa shape index (κ1) is 26.5. The summed E-state index contributed by atoms with van der Waals surface area (Å²) in [5.41, 5.74) is 1.17. The molecule has 0 aliphatic carbocycles. The number of sulfonamides is 1. The summed E-state index contributed by atoms with van der Waals surface area (Å²) in [7, 11) is -0.507. The second kappa shape index (κ2) is 10.0. The van der Waals surface area contributed by atoms with Crippen LogP contribution in [-0.2, 0) is 16.2 Å². The van der Waals surface area contributed by atoms with Crippen molar-refractivity contribution in [2.75, 3.05) is 42.1 Å². The fraction of sp³-hybridized carbons (Fsp3) is 0.318. The van der Waals surface area contributed by atoms with Crippen LogP contribution in [0.3, 0.4) is 0 Å². The highest BCUT2D eigenvalue weighted by Gasteiger charge is 2.33. The third-order valence-electron chi connectivity index (χ3n) is 5.81. The van der Waals surface area contributed by atoms with Gasteiger partial charge in [0, 0.05) is 30.6 Å². The molecule has 2 N–H and O–H groups in total. The monoisotopic (exact) mass is 563 g/mol. The highest BCUT2D eigenvalue weighted by molar-refractivity contribution is 7.92. The molecule has 14 heteroatoms. The molecule has 0 bridgehead atoms. The number of hydrogen-bond acceptors (Lipinski definition) is 7. The van der Waals surface area contributed by atoms with Gasteiger partial charge in [0.15, 0.2) is 5.82 Å². The molecule has 0 spiro atoms. The summed E-state index contributed by atoms with van der Waals surface area (Å²) in [6.07, 6.45) is -3.78. The van der Waals surface area contributed by atoms with E-state index < -0.39 is 32.5 Å². The van der Waals surface area contributed by atoms with Gasteiger partial charge in [-0.25, -0.2) is 17.8 Å². The van der Waals surface area contributed by atoms with Gasteiger partial charge in [-0.15, -0.1) is 11.3 Å². The lowest BCUT2D eigenvalue weighted by molar-refractivity contribution is -0.137. The molecule has 1 fully saturated rings. The van der Waals surface area contributed by atoms with Gasteiger partial charge in [-0.1, -0.05) is 11.6 Å². The predicted molar refractivity (Wildman–Crippen MR) is 133 cm³/mol. The Kier molecular flexibility index (Phi) is 7.37. The van der Waals surface area contributed by atoms with Gasteiger partial charge in [0.25, 0.3) is 10.0 Å². The average Bonchev–Trinajstić information content (AvgIpc) is 3.47. The van der Waals surface area contributed by atoms with E-state index in [0.29, 0.717) is 13.1 Å². The zero-order valence-corrected chi connectivity index (χ0v) is 21.5. The lowest BCUT2D eigenvalue weighted by atomic mass is 10.1. The Bertz CT molecular complexity index is 1350. The van der Waals surface area contributed by atoms with Crippen LogP contribution >= 0.6 is 22.9 Å². The molecule has 0 saturated carbocycles. The molecular weight excluding hydrogens is 542 g/mol. The quantitative estimate of drug-likeness (QED) is 0.362. The number of hydrogen-bond donors (Lipinski definition) is 2. The summed E-state index contributed by atoms with van der Waals surface area (Å²) in [4.78, 5) is 6.95. The number of rotatable bonds is 7. The van der Waals surface area contributed by atoms with E-state index >= 15 is 0 Å². The third kappa shape index (κ3) is 5.69. The molecule has 1 saturated heterocycles. The summed E-state index contributed by atoms with van der Waals surface area (Å²) >= 11 is 7.44. The first-order chi connectivity index (χ1) is 16.8. The van der Waals surface area contributed by atoms with Crippen LogP contribution in [0.25, 0.3) is 0 Å². The van der Waals surface area contributed by atoms with Crippen molar-refractivity contribution in [3.63, 3.8) is 0 Å². The van der Waals surface area contributed by atoms with Crippen molar-refractivity contribution < 1.29 is 26.0 Å². The van der Waals surface area contributed by atoms with E-state index in [0.717, 1.165) is 42.0 Å². The molecule has 0 unspecified atom stereocenters. The van der Waals surface area contributed by atoms with Crippen molar-refractivity contribution >= 4 is 55.8 Å². The minimum absolute atomic E-state index is 0.00569. The number of nitrogens with zero attached hydrogens (tertiary/aromatic N) is 3. The normalized spacial score (nSPS) is 16.6. The highest BCUT2D eigenvalue weighted by atomic mass is 35.5. The Morgan fingerprint density at radius 2 is 1.94 bits per heavy atom. The second-order valence-electron chi connectivity index (χ2n) is 8.45. The molecule has 0 radical (unpaired) electrons. The van der Waals surface area contributed by atoms with Gasteiger partial charge in [0.2, 0.25) is 0 Å². The zero-order valence-electron chi connectivity index (χ0n) is 19.1. The molecule has 36 heavy (non-hydrogen) atoms. The number of benzene rings is 2. The Labute approximate surface area is 214 Å². The predicted octanol–water partition coefficient (Wildman–Crippen LogP) is 5.64. The second-order valence-corrected chi connectivity index (χ2v) is 11.2. The van der Waals surface area contributed by atoms with Crippen molar-refractivity contribution in [2.24, 2.45) is 0 Å². The Morgan fingerprint density at radius 3 is 2.56 bits per heavy atom. The number of halogens is 5. The maximum atomic E-state index is 14.9. The Morgan fingerprint density at radius 1 is 1.19 bits per heavy atom. The van der Waals surface area contributed by atoms with Gasteiger partial charge in [-0.3, -0.25) is 4.72 Å². The number of thiazole rings is 1. The van der Waals surface area contributed by atoms with Crippen LogP contribution in [0.2, 0.25) is 5.02 Å². The number of alkyl halides is 3. The van der Waals surface area contributed by atoms with Gasteiger partial charge < -0.3 is 15.1 Å². The van der Waals surface area contributed by atoms with E-state index in [4.69, 9.17) is 11.6 Å². The van der Waals surface area contributed by atoms with E-state index in [9.17, 15) is 26.0 Å². The fourth-order valence-electron chi connectivity index (χ4n) is 3.89. The SMILES string of the molecule is CN(C)[C@H]1CCN(c2cc(C(F)(F)F)ccc2Nc2cc(F)c(S(=O)(=O)Nc3cscn3)cc2Cl)C1. The van der Waals surface area contributed by atoms with Gasteiger partial charge in [0.05, 0.1) is 33.2 Å². The molecule has 4 rings (SSSR count). The van der Waals surface area contributed by atoms with Gasteiger partial charge in [-0.2, -0.15) is 13.2 Å². The zero-order chi connectivity index (χ0) is 26.3. The molecular formula is C22H22ClF4N5O2S2. The van der Waals surface area contributed by atoms with Gasteiger partial charge >= 0.3 is 6.18 Å². The molecule has 2 aromatic carbocycles. The fourth-order valence-corrected chi connectivity index (χ4v) is 5.81. The molecule has 1 aromatic heterocycles. The van der Waals surface area contributed by atoms with E-state index in [1.165, 1.54) is 17.0 Å². The van der Waals surface area contributed by atoms with E-state index in [-0.39, 0.29) is 33.9 Å². The van der Waals surface area contributed by atoms with Crippen LogP contribution in [0.5, 0.6) is 0 Å². The summed E-state index contributed by atoms with van der Waals surface area (Å²) < 4.78 is 82.6. The van der Waals surface area contributed by atoms with E-state index in [1.54, 1.807) is 0 Å². The van der Waals surface area contributed by atoms with Crippen molar-refractivity contribution in [1.82, 2.24) is 9.88 Å². The molecule has 0 amide bonds. The molecule has 7 nitrogen and oxygen atoms in total. The van der Waals surface area contributed by atoms with Crippen molar-refractivity contribution in [1.29, 1.82) is 0 Å². The smallest absolute Gasteiger partial charge is 0.368 e. The first-order valence-electron chi connectivity index (χ1n) is 10.6. The van der Waals surface area contributed by atoms with Crippen LogP contribution in [0, 0.1) is 5.82 Å².